The van der Waals surface area contributed by atoms with Gasteiger partial charge in [0.2, 0.25) is 0 Å². The van der Waals surface area contributed by atoms with Gasteiger partial charge in [-0.05, 0) is 85.9 Å². The second-order valence-electron chi connectivity index (χ2n) is 10.1. The Morgan fingerprint density at radius 2 is 1.11 bits per heavy atom. The van der Waals surface area contributed by atoms with Crippen LogP contribution in [0.2, 0.25) is 0 Å². The molecule has 0 aliphatic heterocycles. The Balaban J connectivity index is 1.36. The fourth-order valence-corrected chi connectivity index (χ4v) is 7.42. The highest BCUT2D eigenvalue weighted by atomic mass is 32.1. The second-order valence-corrected chi connectivity index (χ2v) is 11.2. The SMILES string of the molecule is c1ccc2c(-c3ccc4oc5cc6c(ccc7sc8ccccc8c76)cc5c4c3)c3ccccc3cc2c1. The number of hydrogen-bond donors (Lipinski definition) is 0. The van der Waals surface area contributed by atoms with Crippen LogP contribution in [0.25, 0.3) is 85.6 Å². The van der Waals surface area contributed by atoms with Crippen molar-refractivity contribution in [3.8, 4) is 11.1 Å². The molecule has 0 amide bonds. The van der Waals surface area contributed by atoms with Gasteiger partial charge in [-0.15, -0.1) is 11.3 Å². The minimum atomic E-state index is 0.926. The minimum Gasteiger partial charge on any atom is -0.456 e. The molecule has 0 aliphatic carbocycles. The van der Waals surface area contributed by atoms with Crippen LogP contribution < -0.4 is 0 Å². The Morgan fingerprint density at radius 1 is 0.421 bits per heavy atom. The Labute approximate surface area is 222 Å². The quantitative estimate of drug-likeness (QED) is 0.204. The lowest BCUT2D eigenvalue weighted by molar-refractivity contribution is 0.669. The highest BCUT2D eigenvalue weighted by Crippen LogP contribution is 2.43. The molecular weight excluding hydrogens is 480 g/mol. The molecule has 0 saturated heterocycles. The van der Waals surface area contributed by atoms with E-state index in [9.17, 15) is 0 Å². The summed E-state index contributed by atoms with van der Waals surface area (Å²) in [4.78, 5) is 0. The third-order valence-corrected chi connectivity index (χ3v) is 9.14. The summed E-state index contributed by atoms with van der Waals surface area (Å²) in [5.74, 6) is 0. The summed E-state index contributed by atoms with van der Waals surface area (Å²) < 4.78 is 9.11. The van der Waals surface area contributed by atoms with E-state index in [0.29, 0.717) is 0 Å². The maximum Gasteiger partial charge on any atom is 0.136 e. The van der Waals surface area contributed by atoms with E-state index in [1.807, 2.05) is 11.3 Å². The Kier molecular flexibility index (Phi) is 3.99. The normalized spacial score (nSPS) is 12.2. The van der Waals surface area contributed by atoms with Crippen molar-refractivity contribution < 1.29 is 4.42 Å². The molecule has 176 valence electrons. The van der Waals surface area contributed by atoms with Crippen molar-refractivity contribution in [1.29, 1.82) is 0 Å². The topological polar surface area (TPSA) is 13.1 Å². The predicted octanol–water partition coefficient (Wildman–Crippen LogP) is 11.1. The fourth-order valence-electron chi connectivity index (χ4n) is 6.30. The van der Waals surface area contributed by atoms with Crippen LogP contribution in [0.3, 0.4) is 0 Å². The molecule has 0 atom stereocenters. The van der Waals surface area contributed by atoms with Gasteiger partial charge in [-0.2, -0.15) is 0 Å². The van der Waals surface area contributed by atoms with E-state index in [0.717, 1.165) is 21.9 Å². The third kappa shape index (κ3) is 2.75. The lowest BCUT2D eigenvalue weighted by Crippen LogP contribution is -1.85. The zero-order chi connectivity index (χ0) is 24.8. The molecule has 7 aromatic carbocycles. The Morgan fingerprint density at radius 3 is 1.92 bits per heavy atom. The Bertz CT molecular complexity index is 2350. The standard InChI is InChI=1S/C36H20OS/c1-3-9-25-21(7-1)17-22-8-2-4-10-26(22)35(25)24-13-15-31-29(19-24)30-18-23-14-16-34-36(28(23)20-32(30)37-31)27-11-5-6-12-33(27)38-34/h1-20H. The molecule has 0 bridgehead atoms. The number of thiophene rings is 1. The largest absolute Gasteiger partial charge is 0.456 e. The molecule has 0 fully saturated rings. The van der Waals surface area contributed by atoms with Gasteiger partial charge in [-0.1, -0.05) is 78.9 Å². The first-order chi connectivity index (χ1) is 18.8. The van der Waals surface area contributed by atoms with Crippen LogP contribution in [0.15, 0.2) is 126 Å². The summed E-state index contributed by atoms with van der Waals surface area (Å²) >= 11 is 1.86. The summed E-state index contributed by atoms with van der Waals surface area (Å²) in [7, 11) is 0. The summed E-state index contributed by atoms with van der Waals surface area (Å²) in [6.07, 6.45) is 0. The molecule has 2 heteroatoms. The smallest absolute Gasteiger partial charge is 0.136 e. The van der Waals surface area contributed by atoms with Crippen molar-refractivity contribution in [1.82, 2.24) is 0 Å². The van der Waals surface area contributed by atoms with Crippen molar-refractivity contribution in [2.45, 2.75) is 0 Å². The van der Waals surface area contributed by atoms with Gasteiger partial charge in [0.15, 0.2) is 0 Å². The number of fused-ring (bicyclic) bond motifs is 10. The second kappa shape index (κ2) is 7.44. The number of rotatable bonds is 1. The lowest BCUT2D eigenvalue weighted by Gasteiger charge is -2.12. The van der Waals surface area contributed by atoms with Gasteiger partial charge < -0.3 is 4.42 Å². The summed E-state index contributed by atoms with van der Waals surface area (Å²) in [5.41, 5.74) is 4.36. The summed E-state index contributed by atoms with van der Waals surface area (Å²) in [6.45, 7) is 0. The van der Waals surface area contributed by atoms with Crippen molar-refractivity contribution in [3.05, 3.63) is 121 Å². The van der Waals surface area contributed by atoms with Gasteiger partial charge in [0.25, 0.3) is 0 Å². The average Bonchev–Trinajstić information content (AvgIpc) is 3.52. The highest BCUT2D eigenvalue weighted by Gasteiger charge is 2.15. The number of benzene rings is 7. The maximum atomic E-state index is 6.47. The fraction of sp³-hybridized carbons (Fsp3) is 0. The molecule has 0 spiro atoms. The van der Waals surface area contributed by atoms with E-state index < -0.39 is 0 Å². The van der Waals surface area contributed by atoms with E-state index in [2.05, 4.69) is 121 Å². The molecule has 1 nitrogen and oxygen atoms in total. The molecule has 0 aliphatic rings. The molecule has 38 heavy (non-hydrogen) atoms. The van der Waals surface area contributed by atoms with E-state index in [1.54, 1.807) is 0 Å². The summed E-state index contributed by atoms with van der Waals surface area (Å²) in [6, 6.07) is 44.1. The van der Waals surface area contributed by atoms with E-state index in [-0.39, 0.29) is 0 Å². The average molecular weight is 501 g/mol. The Hall–Kier alpha value is -4.66. The first-order valence-electron chi connectivity index (χ1n) is 12.9. The molecule has 9 rings (SSSR count). The van der Waals surface area contributed by atoms with E-state index in [4.69, 9.17) is 4.42 Å². The molecule has 0 radical (unpaired) electrons. The summed E-state index contributed by atoms with van der Waals surface area (Å²) in [5, 5.41) is 12.5. The zero-order valence-electron chi connectivity index (χ0n) is 20.4. The maximum absolute atomic E-state index is 6.47. The van der Waals surface area contributed by atoms with Gasteiger partial charge >= 0.3 is 0 Å². The van der Waals surface area contributed by atoms with Crippen molar-refractivity contribution in [2.75, 3.05) is 0 Å². The van der Waals surface area contributed by atoms with Crippen LogP contribution in [-0.4, -0.2) is 0 Å². The van der Waals surface area contributed by atoms with Crippen LogP contribution in [0, 0.1) is 0 Å². The molecule has 0 unspecified atom stereocenters. The first kappa shape index (κ1) is 20.4. The van der Waals surface area contributed by atoms with Gasteiger partial charge in [0.05, 0.1) is 0 Å². The van der Waals surface area contributed by atoms with Gasteiger partial charge in [0, 0.05) is 30.9 Å². The van der Waals surface area contributed by atoms with Gasteiger partial charge in [0.1, 0.15) is 11.2 Å². The van der Waals surface area contributed by atoms with Gasteiger partial charge in [-0.25, -0.2) is 0 Å². The van der Waals surface area contributed by atoms with Crippen molar-refractivity contribution in [3.63, 3.8) is 0 Å². The zero-order valence-corrected chi connectivity index (χ0v) is 21.2. The van der Waals surface area contributed by atoms with Crippen LogP contribution >= 0.6 is 11.3 Å². The molecule has 0 saturated carbocycles. The van der Waals surface area contributed by atoms with E-state index >= 15 is 0 Å². The highest BCUT2D eigenvalue weighted by molar-refractivity contribution is 7.26. The molecule has 9 aromatic rings. The predicted molar refractivity (Wildman–Crippen MR) is 165 cm³/mol. The van der Waals surface area contributed by atoms with Gasteiger partial charge in [-0.3, -0.25) is 0 Å². The van der Waals surface area contributed by atoms with Crippen LogP contribution in [-0.2, 0) is 0 Å². The van der Waals surface area contributed by atoms with E-state index in [1.165, 1.54) is 63.6 Å². The molecular formula is C36H20OS. The molecule has 2 heterocycles. The van der Waals surface area contributed by atoms with Crippen molar-refractivity contribution >= 4 is 85.8 Å². The number of hydrogen-bond acceptors (Lipinski definition) is 2. The third-order valence-electron chi connectivity index (χ3n) is 8.01. The lowest BCUT2D eigenvalue weighted by atomic mass is 9.91. The van der Waals surface area contributed by atoms with Crippen LogP contribution in [0.5, 0.6) is 0 Å². The first-order valence-corrected chi connectivity index (χ1v) is 13.7. The van der Waals surface area contributed by atoms with Crippen LogP contribution in [0.1, 0.15) is 0 Å². The molecule has 2 aromatic heterocycles. The minimum absolute atomic E-state index is 0.926. The monoisotopic (exact) mass is 500 g/mol. The molecule has 0 N–H and O–H groups in total. The van der Waals surface area contributed by atoms with Crippen molar-refractivity contribution in [2.24, 2.45) is 0 Å². The van der Waals surface area contributed by atoms with Crippen LogP contribution in [0.4, 0.5) is 0 Å². The number of furan rings is 1.